The van der Waals surface area contributed by atoms with Crippen LogP contribution in [0.15, 0.2) is 17.1 Å². The number of rotatable bonds is 4. The monoisotopic (exact) mass is 397 g/mol. The van der Waals surface area contributed by atoms with Gasteiger partial charge < -0.3 is 15.2 Å². The fourth-order valence-corrected chi connectivity index (χ4v) is 3.77. The van der Waals surface area contributed by atoms with Crippen molar-refractivity contribution < 1.29 is 41.2 Å². The Hall–Kier alpha value is -1.92. The molecule has 0 aromatic carbocycles. The standard InChI is InChI=1S/C12H14F2N3O8P/c1-21-8(18)5-23-26(20)22-4-6-9(25-26)12(13,14)10(24-6)17-3-2-7(15)16-11(17)19/h2-3,6,9-10H,4-5H2,1H3,(H2,15,16,19)/t6-,9-,10-,26?/m1/s1. The molecule has 0 amide bonds. The van der Waals surface area contributed by atoms with Gasteiger partial charge in [-0.05, 0) is 6.07 Å². The van der Waals surface area contributed by atoms with E-state index in [0.717, 1.165) is 19.4 Å². The summed E-state index contributed by atoms with van der Waals surface area (Å²) < 4.78 is 66.0. The first kappa shape index (κ1) is 18.9. The molecule has 2 N–H and O–H groups in total. The van der Waals surface area contributed by atoms with Gasteiger partial charge in [0.15, 0.2) is 12.7 Å². The average molecular weight is 397 g/mol. The first-order valence-electron chi connectivity index (χ1n) is 7.18. The van der Waals surface area contributed by atoms with Crippen LogP contribution in [0.1, 0.15) is 6.23 Å². The average Bonchev–Trinajstić information content (AvgIpc) is 2.83. The number of nitrogens with two attached hydrogens (primary N) is 1. The van der Waals surface area contributed by atoms with Crippen LogP contribution in [0.3, 0.4) is 0 Å². The summed E-state index contributed by atoms with van der Waals surface area (Å²) in [5, 5.41) is 0. The van der Waals surface area contributed by atoms with Gasteiger partial charge in [0.25, 0.3) is 0 Å². The molecule has 1 unspecified atom stereocenters. The predicted octanol–water partition coefficient (Wildman–Crippen LogP) is 0.0713. The minimum absolute atomic E-state index is 0.148. The molecule has 11 nitrogen and oxygen atoms in total. The number of hydrogen-bond donors (Lipinski definition) is 1. The van der Waals surface area contributed by atoms with Gasteiger partial charge in [0.1, 0.15) is 11.9 Å². The van der Waals surface area contributed by atoms with Crippen molar-refractivity contribution >= 4 is 19.6 Å². The second-order valence-corrected chi connectivity index (χ2v) is 6.98. The second-order valence-electron chi connectivity index (χ2n) is 5.36. The zero-order chi connectivity index (χ0) is 19.1. The van der Waals surface area contributed by atoms with Gasteiger partial charge in [0, 0.05) is 6.20 Å². The highest BCUT2D eigenvalue weighted by atomic mass is 31.2. The van der Waals surface area contributed by atoms with E-state index in [1.807, 2.05) is 0 Å². The van der Waals surface area contributed by atoms with Crippen molar-refractivity contribution in [3.63, 3.8) is 0 Å². The molecule has 0 aliphatic carbocycles. The molecule has 26 heavy (non-hydrogen) atoms. The zero-order valence-corrected chi connectivity index (χ0v) is 14.1. The Morgan fingerprint density at radius 1 is 1.58 bits per heavy atom. The number of ether oxygens (including phenoxy) is 2. The van der Waals surface area contributed by atoms with Crippen LogP contribution in [0.4, 0.5) is 14.6 Å². The minimum atomic E-state index is -4.45. The molecule has 144 valence electrons. The topological polar surface area (TPSA) is 141 Å². The van der Waals surface area contributed by atoms with E-state index in [4.69, 9.17) is 19.5 Å². The van der Waals surface area contributed by atoms with Crippen LogP contribution in [-0.4, -0.2) is 54.0 Å². The number of hydrogen-bond acceptors (Lipinski definition) is 10. The molecule has 0 bridgehead atoms. The van der Waals surface area contributed by atoms with Gasteiger partial charge in [0.05, 0.1) is 13.7 Å². The Balaban J connectivity index is 1.82. The summed E-state index contributed by atoms with van der Waals surface area (Å²) >= 11 is 0. The van der Waals surface area contributed by atoms with Crippen molar-refractivity contribution in [2.45, 2.75) is 24.4 Å². The quantitative estimate of drug-likeness (QED) is 0.548. The van der Waals surface area contributed by atoms with E-state index in [1.54, 1.807) is 0 Å². The fourth-order valence-electron chi connectivity index (χ4n) is 2.43. The van der Waals surface area contributed by atoms with Crippen molar-refractivity contribution in [2.24, 2.45) is 0 Å². The summed E-state index contributed by atoms with van der Waals surface area (Å²) in [6, 6.07) is 1.14. The van der Waals surface area contributed by atoms with E-state index in [0.29, 0.717) is 4.57 Å². The molecule has 14 heteroatoms. The number of methoxy groups -OCH3 is 1. The number of halogens is 2. The van der Waals surface area contributed by atoms with E-state index in [2.05, 4.69) is 14.2 Å². The number of carbonyl (C=O) groups excluding carboxylic acids is 1. The lowest BCUT2D eigenvalue weighted by molar-refractivity contribution is -0.146. The lowest BCUT2D eigenvalue weighted by atomic mass is 10.1. The van der Waals surface area contributed by atoms with Crippen LogP contribution in [0.2, 0.25) is 0 Å². The van der Waals surface area contributed by atoms with Crippen LogP contribution in [0.25, 0.3) is 0 Å². The van der Waals surface area contributed by atoms with Crippen LogP contribution in [0, 0.1) is 0 Å². The maximum Gasteiger partial charge on any atom is 0.476 e. The largest absolute Gasteiger partial charge is 0.476 e. The molecule has 4 atom stereocenters. The van der Waals surface area contributed by atoms with Crippen molar-refractivity contribution in [3.8, 4) is 0 Å². The van der Waals surface area contributed by atoms with Gasteiger partial charge in [-0.15, -0.1) is 0 Å². The van der Waals surface area contributed by atoms with Gasteiger partial charge in [-0.3, -0.25) is 18.1 Å². The third-order valence-electron chi connectivity index (χ3n) is 3.66. The Labute approximate surface area is 144 Å². The maximum absolute atomic E-state index is 14.7. The number of nitrogens with zero attached hydrogens (tertiary/aromatic N) is 2. The van der Waals surface area contributed by atoms with Gasteiger partial charge >= 0.3 is 25.4 Å². The first-order valence-corrected chi connectivity index (χ1v) is 8.64. The second kappa shape index (κ2) is 6.67. The number of phosphoric ester groups is 1. The Morgan fingerprint density at radius 3 is 2.96 bits per heavy atom. The summed E-state index contributed by atoms with van der Waals surface area (Å²) in [6.07, 6.45) is -4.44. The molecule has 1 aromatic heterocycles. The summed E-state index contributed by atoms with van der Waals surface area (Å²) in [5.41, 5.74) is 4.27. The molecule has 2 aliphatic rings. The normalized spacial score (nSPS) is 32.8. The Morgan fingerprint density at radius 2 is 2.31 bits per heavy atom. The van der Waals surface area contributed by atoms with E-state index >= 15 is 0 Å². The van der Waals surface area contributed by atoms with Crippen LogP contribution in [0.5, 0.6) is 0 Å². The number of anilines is 1. The van der Waals surface area contributed by atoms with Gasteiger partial charge in [-0.1, -0.05) is 0 Å². The maximum atomic E-state index is 14.7. The highest BCUT2D eigenvalue weighted by molar-refractivity contribution is 7.48. The third kappa shape index (κ3) is 3.35. The lowest BCUT2D eigenvalue weighted by Gasteiger charge is -2.31. The van der Waals surface area contributed by atoms with Crippen LogP contribution < -0.4 is 11.4 Å². The number of esters is 1. The first-order chi connectivity index (χ1) is 12.2. The predicted molar refractivity (Wildman–Crippen MR) is 78.2 cm³/mol. The summed E-state index contributed by atoms with van der Waals surface area (Å²) in [4.78, 5) is 26.2. The molecular formula is C12H14F2N3O8P. The molecule has 2 saturated heterocycles. The number of aromatic nitrogens is 2. The molecule has 0 spiro atoms. The summed E-state index contributed by atoms with van der Waals surface area (Å²) in [6.45, 7) is -1.38. The molecule has 0 saturated carbocycles. The van der Waals surface area contributed by atoms with Gasteiger partial charge in [-0.2, -0.15) is 13.8 Å². The van der Waals surface area contributed by atoms with Crippen molar-refractivity contribution in [3.05, 3.63) is 22.7 Å². The van der Waals surface area contributed by atoms with Gasteiger partial charge in [-0.25, -0.2) is 14.2 Å². The van der Waals surface area contributed by atoms with E-state index < -0.39 is 57.1 Å². The zero-order valence-electron chi connectivity index (χ0n) is 13.2. The van der Waals surface area contributed by atoms with Gasteiger partial charge in [0.2, 0.25) is 6.23 Å². The molecule has 3 heterocycles. The van der Waals surface area contributed by atoms with E-state index in [9.17, 15) is 22.9 Å². The molecule has 2 aliphatic heterocycles. The molecule has 1 aromatic rings. The molecule has 2 fully saturated rings. The third-order valence-corrected chi connectivity index (χ3v) is 5.06. The highest BCUT2D eigenvalue weighted by Gasteiger charge is 2.65. The molecule has 0 radical (unpaired) electrons. The van der Waals surface area contributed by atoms with Crippen molar-refractivity contribution in [1.29, 1.82) is 0 Å². The number of phosphoric acid groups is 1. The lowest BCUT2D eigenvalue weighted by Crippen LogP contribution is -2.45. The minimum Gasteiger partial charge on any atom is -0.467 e. The Bertz CT molecular complexity index is 818. The van der Waals surface area contributed by atoms with Crippen LogP contribution >= 0.6 is 7.82 Å². The van der Waals surface area contributed by atoms with E-state index in [1.165, 1.54) is 0 Å². The molecular weight excluding hydrogens is 383 g/mol. The Kier molecular flexibility index (Phi) is 4.84. The smallest absolute Gasteiger partial charge is 0.467 e. The molecule has 3 rings (SSSR count). The number of carbonyl (C=O) groups is 1. The highest BCUT2D eigenvalue weighted by Crippen LogP contribution is 2.59. The van der Waals surface area contributed by atoms with Crippen molar-refractivity contribution in [2.75, 3.05) is 26.1 Å². The van der Waals surface area contributed by atoms with E-state index in [-0.39, 0.29) is 5.82 Å². The van der Waals surface area contributed by atoms with Crippen molar-refractivity contribution in [1.82, 2.24) is 9.55 Å². The number of nitrogen functional groups attached to an aromatic ring is 1. The SMILES string of the molecule is COC(=O)COP1(=O)OC[C@H]2O[C@@H](n3ccc(N)nc3=O)C(F)(F)[C@@H]2O1. The fraction of sp³-hybridized carbons (Fsp3) is 0.583. The number of alkyl halides is 2. The summed E-state index contributed by atoms with van der Waals surface area (Å²) in [7, 11) is -3.39. The summed E-state index contributed by atoms with van der Waals surface area (Å²) in [5.74, 6) is -4.83. The number of fused-ring (bicyclic) bond motifs is 1. The van der Waals surface area contributed by atoms with Crippen LogP contribution in [-0.2, 0) is 32.4 Å².